The fourth-order valence-corrected chi connectivity index (χ4v) is 3.35. The normalized spacial score (nSPS) is 27.6. The lowest BCUT2D eigenvalue weighted by Crippen LogP contribution is -2.50. The minimum atomic E-state index is -3.38. The van der Waals surface area contributed by atoms with E-state index in [1.54, 1.807) is 7.05 Å². The number of piperidine rings is 1. The lowest BCUT2D eigenvalue weighted by atomic mass is 9.98. The lowest BCUT2D eigenvalue weighted by molar-refractivity contribution is 0.0585. The van der Waals surface area contributed by atoms with Gasteiger partial charge in [0.15, 0.2) is 0 Å². The topological polar surface area (TPSA) is 60.9 Å². The third-order valence-electron chi connectivity index (χ3n) is 3.43. The summed E-state index contributed by atoms with van der Waals surface area (Å²) in [6.45, 7) is 5.26. The maximum absolute atomic E-state index is 12.2. The Morgan fingerprint density at radius 3 is 2.65 bits per heavy atom. The van der Waals surface area contributed by atoms with Gasteiger partial charge in [0.25, 0.3) is 10.2 Å². The molecule has 2 atom stereocenters. The third kappa shape index (κ3) is 3.64. The number of hydrogen-bond donors (Lipinski definition) is 1. The van der Waals surface area contributed by atoms with Crippen LogP contribution in [0, 0.1) is 5.92 Å². The second kappa shape index (κ2) is 6.13. The van der Waals surface area contributed by atoms with E-state index in [-0.39, 0.29) is 12.5 Å². The Kier molecular flexibility index (Phi) is 5.37. The van der Waals surface area contributed by atoms with Gasteiger partial charge in [0.05, 0.1) is 6.10 Å². The molecule has 0 radical (unpaired) electrons. The maximum atomic E-state index is 12.2. The average Bonchev–Trinajstić information content (AvgIpc) is 2.29. The molecular weight excluding hydrogens is 240 g/mol. The molecule has 0 aromatic carbocycles. The molecule has 0 amide bonds. The highest BCUT2D eigenvalue weighted by Crippen LogP contribution is 2.20. The number of unbranched alkanes of at least 4 members (excludes halogenated alkanes) is 1. The zero-order valence-electron chi connectivity index (χ0n) is 11.0. The number of rotatable bonds is 5. The Morgan fingerprint density at radius 2 is 2.12 bits per heavy atom. The van der Waals surface area contributed by atoms with Crippen molar-refractivity contribution in [2.24, 2.45) is 5.92 Å². The molecule has 0 spiro atoms. The van der Waals surface area contributed by atoms with Crippen molar-refractivity contribution in [1.82, 2.24) is 8.61 Å². The van der Waals surface area contributed by atoms with E-state index in [1.807, 2.05) is 13.8 Å². The Labute approximate surface area is 105 Å². The quantitative estimate of drug-likeness (QED) is 0.794. The van der Waals surface area contributed by atoms with E-state index in [0.717, 1.165) is 19.3 Å². The molecule has 0 bridgehead atoms. The van der Waals surface area contributed by atoms with Crippen LogP contribution < -0.4 is 0 Å². The first-order valence-electron chi connectivity index (χ1n) is 6.29. The Morgan fingerprint density at radius 1 is 1.47 bits per heavy atom. The SMILES string of the molecule is CCCCN(C)S(=O)(=O)N1CCC(C)C(O)C1. The van der Waals surface area contributed by atoms with Crippen LogP contribution in [0.15, 0.2) is 0 Å². The monoisotopic (exact) mass is 264 g/mol. The molecule has 102 valence electrons. The molecule has 1 saturated heterocycles. The number of β-amino-alcohol motifs (C(OH)–C–C–N with tert-alkyl or cyclic N) is 1. The van der Waals surface area contributed by atoms with Crippen molar-refractivity contribution in [2.75, 3.05) is 26.7 Å². The molecule has 0 aromatic rings. The van der Waals surface area contributed by atoms with Crippen LogP contribution in [0.5, 0.6) is 0 Å². The van der Waals surface area contributed by atoms with Crippen LogP contribution in [-0.4, -0.2) is 54.9 Å². The van der Waals surface area contributed by atoms with Gasteiger partial charge in [0.1, 0.15) is 0 Å². The summed E-state index contributed by atoms with van der Waals surface area (Å²) in [5.74, 6) is 0.183. The van der Waals surface area contributed by atoms with Gasteiger partial charge >= 0.3 is 0 Å². The van der Waals surface area contributed by atoms with Gasteiger partial charge in [0, 0.05) is 26.7 Å². The Bertz CT molecular complexity index is 332. The van der Waals surface area contributed by atoms with Crippen molar-refractivity contribution in [1.29, 1.82) is 0 Å². The van der Waals surface area contributed by atoms with E-state index in [1.165, 1.54) is 8.61 Å². The predicted octanol–water partition coefficient (Wildman–Crippen LogP) is 0.666. The summed E-state index contributed by atoms with van der Waals surface area (Å²) in [5, 5.41) is 9.74. The first-order chi connectivity index (χ1) is 7.89. The largest absolute Gasteiger partial charge is 0.391 e. The smallest absolute Gasteiger partial charge is 0.281 e. The minimum absolute atomic E-state index is 0.183. The summed E-state index contributed by atoms with van der Waals surface area (Å²) in [7, 11) is -1.78. The summed E-state index contributed by atoms with van der Waals surface area (Å²) in [6, 6.07) is 0. The molecule has 17 heavy (non-hydrogen) atoms. The van der Waals surface area contributed by atoms with Crippen molar-refractivity contribution in [3.05, 3.63) is 0 Å². The van der Waals surface area contributed by atoms with Crippen molar-refractivity contribution >= 4 is 10.2 Å². The van der Waals surface area contributed by atoms with E-state index in [2.05, 4.69) is 0 Å². The fourth-order valence-electron chi connectivity index (χ4n) is 1.92. The molecule has 1 N–H and O–H groups in total. The summed E-state index contributed by atoms with van der Waals surface area (Å²) in [4.78, 5) is 0. The average molecular weight is 264 g/mol. The van der Waals surface area contributed by atoms with Crippen LogP contribution in [0.25, 0.3) is 0 Å². The maximum Gasteiger partial charge on any atom is 0.281 e. The molecule has 2 unspecified atom stereocenters. The first-order valence-corrected chi connectivity index (χ1v) is 7.68. The van der Waals surface area contributed by atoms with Gasteiger partial charge < -0.3 is 5.11 Å². The van der Waals surface area contributed by atoms with Crippen LogP contribution in [0.4, 0.5) is 0 Å². The van der Waals surface area contributed by atoms with Crippen LogP contribution >= 0.6 is 0 Å². The van der Waals surface area contributed by atoms with Crippen LogP contribution in [0.3, 0.4) is 0 Å². The van der Waals surface area contributed by atoms with Crippen molar-refractivity contribution in [3.63, 3.8) is 0 Å². The van der Waals surface area contributed by atoms with Crippen molar-refractivity contribution in [3.8, 4) is 0 Å². The number of aliphatic hydroxyl groups excluding tert-OH is 1. The summed E-state index contributed by atoms with van der Waals surface area (Å²) < 4.78 is 27.2. The summed E-state index contributed by atoms with van der Waals surface area (Å²) >= 11 is 0. The molecule has 5 nitrogen and oxygen atoms in total. The van der Waals surface area contributed by atoms with Gasteiger partial charge in [-0.1, -0.05) is 20.3 Å². The molecule has 0 saturated carbocycles. The van der Waals surface area contributed by atoms with Crippen LogP contribution in [-0.2, 0) is 10.2 Å². The lowest BCUT2D eigenvalue weighted by Gasteiger charge is -2.35. The summed E-state index contributed by atoms with van der Waals surface area (Å²) in [6.07, 6.45) is 2.02. The van der Waals surface area contributed by atoms with Crippen LogP contribution in [0.1, 0.15) is 33.1 Å². The molecule has 1 fully saturated rings. The van der Waals surface area contributed by atoms with Gasteiger partial charge in [-0.3, -0.25) is 0 Å². The molecular formula is C11H24N2O3S. The first kappa shape index (κ1) is 14.9. The zero-order valence-corrected chi connectivity index (χ0v) is 11.8. The molecule has 0 aliphatic carbocycles. The Balaban J connectivity index is 2.64. The van der Waals surface area contributed by atoms with Gasteiger partial charge in [-0.05, 0) is 18.8 Å². The molecule has 1 heterocycles. The minimum Gasteiger partial charge on any atom is -0.391 e. The summed E-state index contributed by atoms with van der Waals surface area (Å²) in [5.41, 5.74) is 0. The highest BCUT2D eigenvalue weighted by Gasteiger charge is 2.33. The zero-order chi connectivity index (χ0) is 13.1. The second-order valence-electron chi connectivity index (χ2n) is 4.87. The number of nitrogens with zero attached hydrogens (tertiary/aromatic N) is 2. The van der Waals surface area contributed by atoms with E-state index in [4.69, 9.17) is 0 Å². The van der Waals surface area contributed by atoms with Crippen molar-refractivity contribution in [2.45, 2.75) is 39.2 Å². The third-order valence-corrected chi connectivity index (χ3v) is 5.38. The predicted molar refractivity (Wildman–Crippen MR) is 67.8 cm³/mol. The molecule has 1 aliphatic rings. The molecule has 1 aliphatic heterocycles. The number of aliphatic hydroxyl groups is 1. The van der Waals surface area contributed by atoms with Crippen LogP contribution in [0.2, 0.25) is 0 Å². The van der Waals surface area contributed by atoms with E-state index >= 15 is 0 Å². The highest BCUT2D eigenvalue weighted by molar-refractivity contribution is 7.86. The highest BCUT2D eigenvalue weighted by atomic mass is 32.2. The van der Waals surface area contributed by atoms with E-state index in [0.29, 0.717) is 13.1 Å². The van der Waals surface area contributed by atoms with Gasteiger partial charge in [-0.15, -0.1) is 0 Å². The molecule has 1 rings (SSSR count). The second-order valence-corrected chi connectivity index (χ2v) is 6.91. The number of hydrogen-bond acceptors (Lipinski definition) is 3. The fraction of sp³-hybridized carbons (Fsp3) is 1.00. The standard InChI is InChI=1S/C11H24N2O3S/c1-4-5-7-12(3)17(15,16)13-8-6-10(2)11(14)9-13/h10-11,14H,4-9H2,1-3H3. The van der Waals surface area contributed by atoms with Crippen molar-refractivity contribution < 1.29 is 13.5 Å². The van der Waals surface area contributed by atoms with E-state index < -0.39 is 16.3 Å². The Hall–Kier alpha value is -0.170. The van der Waals surface area contributed by atoms with Gasteiger partial charge in [-0.25, -0.2) is 0 Å². The van der Waals surface area contributed by atoms with Gasteiger partial charge in [0.2, 0.25) is 0 Å². The van der Waals surface area contributed by atoms with Gasteiger partial charge in [-0.2, -0.15) is 17.0 Å². The molecule has 0 aromatic heterocycles. The van der Waals surface area contributed by atoms with E-state index in [9.17, 15) is 13.5 Å². The molecule has 6 heteroatoms.